The lowest BCUT2D eigenvalue weighted by Crippen LogP contribution is -2.11. The molecule has 0 bridgehead atoms. The number of benzene rings is 2. The Kier molecular flexibility index (Phi) is 5.69. The molecule has 0 aliphatic rings. The molecular weight excluding hydrogens is 280 g/mol. The van der Waals surface area contributed by atoms with E-state index in [1.54, 1.807) is 23.9 Å². The van der Waals surface area contributed by atoms with E-state index in [9.17, 15) is 4.79 Å². The van der Waals surface area contributed by atoms with Crippen LogP contribution >= 0.6 is 11.8 Å². The Balaban J connectivity index is 1.67. The molecule has 3 nitrogen and oxygen atoms in total. The molecule has 0 spiro atoms. The second-order valence-corrected chi connectivity index (χ2v) is 6.10. The first-order valence-electron chi connectivity index (χ1n) is 6.98. The summed E-state index contributed by atoms with van der Waals surface area (Å²) < 4.78 is 0. The fourth-order valence-electron chi connectivity index (χ4n) is 1.85. The number of amides is 1. The summed E-state index contributed by atoms with van der Waals surface area (Å²) in [5.41, 5.74) is 8.36. The summed E-state index contributed by atoms with van der Waals surface area (Å²) >= 11 is 1.78. The first kappa shape index (κ1) is 15.4. The Morgan fingerprint density at radius 3 is 2.43 bits per heavy atom. The highest BCUT2D eigenvalue weighted by molar-refractivity contribution is 7.99. The Labute approximate surface area is 129 Å². The molecule has 2 aromatic rings. The molecule has 2 rings (SSSR count). The Morgan fingerprint density at radius 1 is 1.10 bits per heavy atom. The number of nitrogen functional groups attached to an aromatic ring is 1. The van der Waals surface area contributed by atoms with Gasteiger partial charge < -0.3 is 11.1 Å². The van der Waals surface area contributed by atoms with E-state index < -0.39 is 0 Å². The molecule has 110 valence electrons. The van der Waals surface area contributed by atoms with Gasteiger partial charge in [0, 0.05) is 22.7 Å². The van der Waals surface area contributed by atoms with Gasteiger partial charge in [-0.1, -0.05) is 17.7 Å². The summed E-state index contributed by atoms with van der Waals surface area (Å²) in [7, 11) is 0. The molecule has 0 heterocycles. The van der Waals surface area contributed by atoms with Crippen LogP contribution in [-0.2, 0) is 4.79 Å². The predicted molar refractivity (Wildman–Crippen MR) is 90.6 cm³/mol. The molecule has 0 fully saturated rings. The lowest BCUT2D eigenvalue weighted by molar-refractivity contribution is -0.116. The number of nitrogens with one attached hydrogen (secondary N) is 1. The van der Waals surface area contributed by atoms with Gasteiger partial charge in [0.15, 0.2) is 0 Å². The molecule has 2 aromatic carbocycles. The molecule has 0 aliphatic heterocycles. The zero-order valence-electron chi connectivity index (χ0n) is 12.1. The summed E-state index contributed by atoms with van der Waals surface area (Å²) in [5, 5.41) is 2.87. The molecule has 0 atom stereocenters. The van der Waals surface area contributed by atoms with E-state index in [1.165, 1.54) is 10.5 Å². The van der Waals surface area contributed by atoms with Gasteiger partial charge in [-0.15, -0.1) is 11.8 Å². The summed E-state index contributed by atoms with van der Waals surface area (Å²) in [6, 6.07) is 15.6. The summed E-state index contributed by atoms with van der Waals surface area (Å²) in [6.45, 7) is 2.08. The first-order chi connectivity index (χ1) is 10.1. The second-order valence-electron chi connectivity index (χ2n) is 4.94. The van der Waals surface area contributed by atoms with Crippen LogP contribution in [0.4, 0.5) is 11.4 Å². The van der Waals surface area contributed by atoms with Crippen LogP contribution in [0.3, 0.4) is 0 Å². The summed E-state index contributed by atoms with van der Waals surface area (Å²) in [6.07, 6.45) is 1.39. The minimum atomic E-state index is 0.0456. The predicted octanol–water partition coefficient (Wildman–Crippen LogP) is 4.09. The number of nitrogens with two attached hydrogens (primary N) is 1. The largest absolute Gasteiger partial charge is 0.399 e. The number of rotatable bonds is 6. The van der Waals surface area contributed by atoms with Crippen molar-refractivity contribution < 1.29 is 4.79 Å². The second kappa shape index (κ2) is 7.74. The highest BCUT2D eigenvalue weighted by Crippen LogP contribution is 2.19. The normalized spacial score (nSPS) is 10.3. The van der Waals surface area contributed by atoms with Gasteiger partial charge in [0.1, 0.15) is 0 Å². The van der Waals surface area contributed by atoms with Crippen molar-refractivity contribution in [1.29, 1.82) is 0 Å². The van der Waals surface area contributed by atoms with E-state index >= 15 is 0 Å². The van der Waals surface area contributed by atoms with Crippen LogP contribution in [0.1, 0.15) is 18.4 Å². The smallest absolute Gasteiger partial charge is 0.224 e. The zero-order valence-corrected chi connectivity index (χ0v) is 13.0. The number of hydrogen-bond donors (Lipinski definition) is 2. The number of anilines is 2. The fourth-order valence-corrected chi connectivity index (χ4v) is 2.70. The lowest BCUT2D eigenvalue weighted by atomic mass is 10.2. The monoisotopic (exact) mass is 300 g/mol. The molecule has 0 saturated carbocycles. The van der Waals surface area contributed by atoms with Gasteiger partial charge in [0.25, 0.3) is 0 Å². The molecule has 0 unspecified atom stereocenters. The Morgan fingerprint density at radius 2 is 1.76 bits per heavy atom. The van der Waals surface area contributed by atoms with E-state index in [-0.39, 0.29) is 5.91 Å². The number of carbonyl (C=O) groups is 1. The van der Waals surface area contributed by atoms with E-state index in [4.69, 9.17) is 5.73 Å². The maximum Gasteiger partial charge on any atom is 0.224 e. The third kappa shape index (κ3) is 5.52. The van der Waals surface area contributed by atoms with Crippen LogP contribution in [0, 0.1) is 6.92 Å². The molecular formula is C17H20N2OS. The standard InChI is InChI=1S/C17H20N2OS/c1-13-4-10-16(11-5-13)21-12-2-3-17(20)19-15-8-6-14(18)7-9-15/h4-11H,2-3,12,18H2,1H3,(H,19,20). The zero-order chi connectivity index (χ0) is 15.1. The fraction of sp³-hybridized carbons (Fsp3) is 0.235. The summed E-state index contributed by atoms with van der Waals surface area (Å²) in [4.78, 5) is 13.1. The van der Waals surface area contributed by atoms with Crippen molar-refractivity contribution in [2.45, 2.75) is 24.7 Å². The average molecular weight is 300 g/mol. The van der Waals surface area contributed by atoms with E-state index in [1.807, 2.05) is 12.1 Å². The molecule has 1 amide bonds. The third-order valence-corrected chi connectivity index (χ3v) is 4.13. The van der Waals surface area contributed by atoms with Crippen molar-refractivity contribution in [1.82, 2.24) is 0 Å². The van der Waals surface area contributed by atoms with Crippen molar-refractivity contribution >= 4 is 29.0 Å². The average Bonchev–Trinajstić information content (AvgIpc) is 2.48. The van der Waals surface area contributed by atoms with Gasteiger partial charge >= 0.3 is 0 Å². The molecule has 4 heteroatoms. The maximum atomic E-state index is 11.8. The van der Waals surface area contributed by atoms with Gasteiger partial charge in [0.2, 0.25) is 5.91 Å². The van der Waals surface area contributed by atoms with Crippen LogP contribution in [-0.4, -0.2) is 11.7 Å². The summed E-state index contributed by atoms with van der Waals surface area (Å²) in [5.74, 6) is 0.988. The minimum absolute atomic E-state index is 0.0456. The Hall–Kier alpha value is -1.94. The van der Waals surface area contributed by atoms with E-state index in [0.29, 0.717) is 12.1 Å². The van der Waals surface area contributed by atoms with Crippen LogP contribution < -0.4 is 11.1 Å². The number of thioether (sulfide) groups is 1. The SMILES string of the molecule is Cc1ccc(SCCCC(=O)Nc2ccc(N)cc2)cc1. The lowest BCUT2D eigenvalue weighted by Gasteiger charge is -2.06. The molecule has 0 aliphatic carbocycles. The van der Waals surface area contributed by atoms with Crippen molar-refractivity contribution in [3.63, 3.8) is 0 Å². The van der Waals surface area contributed by atoms with Crippen molar-refractivity contribution in [2.75, 3.05) is 16.8 Å². The van der Waals surface area contributed by atoms with Crippen molar-refractivity contribution in [3.05, 3.63) is 54.1 Å². The first-order valence-corrected chi connectivity index (χ1v) is 7.97. The highest BCUT2D eigenvalue weighted by Gasteiger charge is 2.02. The number of carbonyl (C=O) groups excluding carboxylic acids is 1. The molecule has 3 N–H and O–H groups in total. The maximum absolute atomic E-state index is 11.8. The van der Waals surface area contributed by atoms with Gasteiger partial charge in [-0.25, -0.2) is 0 Å². The van der Waals surface area contributed by atoms with Crippen molar-refractivity contribution in [3.8, 4) is 0 Å². The van der Waals surface area contributed by atoms with Gasteiger partial charge in [-0.2, -0.15) is 0 Å². The topological polar surface area (TPSA) is 55.1 Å². The van der Waals surface area contributed by atoms with Crippen LogP contribution in [0.15, 0.2) is 53.4 Å². The number of aryl methyl sites for hydroxylation is 1. The van der Waals surface area contributed by atoms with E-state index in [2.05, 4.69) is 36.5 Å². The van der Waals surface area contributed by atoms with Crippen LogP contribution in [0.5, 0.6) is 0 Å². The third-order valence-electron chi connectivity index (χ3n) is 3.03. The van der Waals surface area contributed by atoms with Gasteiger partial charge in [0.05, 0.1) is 0 Å². The van der Waals surface area contributed by atoms with E-state index in [0.717, 1.165) is 17.9 Å². The molecule has 0 saturated heterocycles. The van der Waals surface area contributed by atoms with Gasteiger partial charge in [-0.3, -0.25) is 4.79 Å². The Bertz CT molecular complexity index is 579. The quantitative estimate of drug-likeness (QED) is 0.480. The van der Waals surface area contributed by atoms with Crippen molar-refractivity contribution in [2.24, 2.45) is 0 Å². The highest BCUT2D eigenvalue weighted by atomic mass is 32.2. The van der Waals surface area contributed by atoms with Crippen LogP contribution in [0.25, 0.3) is 0 Å². The number of hydrogen-bond acceptors (Lipinski definition) is 3. The molecule has 21 heavy (non-hydrogen) atoms. The minimum Gasteiger partial charge on any atom is -0.399 e. The molecule has 0 radical (unpaired) electrons. The van der Waals surface area contributed by atoms with Gasteiger partial charge in [-0.05, 0) is 55.5 Å². The van der Waals surface area contributed by atoms with Crippen LogP contribution in [0.2, 0.25) is 0 Å². The molecule has 0 aromatic heterocycles.